The van der Waals surface area contributed by atoms with Gasteiger partial charge in [-0.3, -0.25) is 4.68 Å². The summed E-state index contributed by atoms with van der Waals surface area (Å²) in [6.45, 7) is 7.91. The largest absolute Gasteiger partial charge is 0.390 e. The van der Waals surface area contributed by atoms with Crippen LogP contribution >= 0.6 is 0 Å². The molecule has 0 bridgehead atoms. The summed E-state index contributed by atoms with van der Waals surface area (Å²) < 4.78 is 2.00. The summed E-state index contributed by atoms with van der Waals surface area (Å²) >= 11 is 0. The van der Waals surface area contributed by atoms with E-state index in [4.69, 9.17) is 5.26 Å². The van der Waals surface area contributed by atoms with Gasteiger partial charge in [0.15, 0.2) is 0 Å². The third-order valence-electron chi connectivity index (χ3n) is 10.6. The van der Waals surface area contributed by atoms with Gasteiger partial charge >= 0.3 is 0 Å². The van der Waals surface area contributed by atoms with Crippen molar-refractivity contribution in [2.75, 3.05) is 0 Å². The van der Waals surface area contributed by atoms with Gasteiger partial charge in [0.2, 0.25) is 0 Å². The average molecular weight is 424 g/mol. The molecule has 1 unspecified atom stereocenters. The van der Waals surface area contributed by atoms with E-state index in [0.717, 1.165) is 54.9 Å². The number of hydrogen-bond acceptors (Lipinski definition) is 3. The average Bonchev–Trinajstić information content (AvgIpc) is 3.37. The lowest BCUT2D eigenvalue weighted by molar-refractivity contribution is -0.108. The lowest BCUT2D eigenvalue weighted by atomic mass is 9.47. The number of nitriles is 1. The molecule has 1 heterocycles. The zero-order valence-corrected chi connectivity index (χ0v) is 19.8. The number of rotatable bonds is 4. The Morgan fingerprint density at radius 2 is 1.97 bits per heavy atom. The molecule has 4 heteroatoms. The van der Waals surface area contributed by atoms with Crippen molar-refractivity contribution in [3.8, 4) is 6.07 Å². The first-order valence-corrected chi connectivity index (χ1v) is 13.0. The summed E-state index contributed by atoms with van der Waals surface area (Å²) in [5.74, 6) is 5.77. The highest BCUT2D eigenvalue weighted by atomic mass is 16.3. The standard InChI is InChI=1S/C27H41N3O/c1-4-27-12-10-22-21-9-11-26(3,31)13-20(21)5-6-23(22)25(27)8-7-24(27)18(2)16-30-17-19(14-28)15-29-30/h15,17-18,20-25,31H,4-13,16H2,1-3H3/t18-,20+,21-,22+,23+,24?,25-,26+,27+/m0/s1. The fourth-order valence-corrected chi connectivity index (χ4v) is 9.43. The highest BCUT2D eigenvalue weighted by molar-refractivity contribution is 5.21. The van der Waals surface area contributed by atoms with Crippen LogP contribution in [0.25, 0.3) is 0 Å². The number of hydrogen-bond donors (Lipinski definition) is 1. The quantitative estimate of drug-likeness (QED) is 0.665. The van der Waals surface area contributed by atoms with E-state index in [1.807, 2.05) is 10.9 Å². The van der Waals surface area contributed by atoms with Crippen LogP contribution in [-0.2, 0) is 6.54 Å². The highest BCUT2D eigenvalue weighted by Crippen LogP contribution is 2.67. The van der Waals surface area contributed by atoms with E-state index < -0.39 is 5.60 Å². The van der Waals surface area contributed by atoms with Crippen LogP contribution in [0.5, 0.6) is 0 Å². The van der Waals surface area contributed by atoms with E-state index in [1.165, 1.54) is 51.4 Å². The van der Waals surface area contributed by atoms with Crippen molar-refractivity contribution >= 4 is 0 Å². The summed E-state index contributed by atoms with van der Waals surface area (Å²) in [7, 11) is 0. The maximum Gasteiger partial charge on any atom is 0.102 e. The number of fused-ring (bicyclic) bond motifs is 5. The molecule has 1 N–H and O–H groups in total. The van der Waals surface area contributed by atoms with Gasteiger partial charge in [0.1, 0.15) is 6.07 Å². The van der Waals surface area contributed by atoms with Gasteiger partial charge in [-0.1, -0.05) is 13.8 Å². The summed E-state index contributed by atoms with van der Waals surface area (Å²) in [5.41, 5.74) is 0.769. The van der Waals surface area contributed by atoms with Crippen molar-refractivity contribution in [1.29, 1.82) is 5.26 Å². The van der Waals surface area contributed by atoms with Crippen molar-refractivity contribution in [2.24, 2.45) is 46.8 Å². The van der Waals surface area contributed by atoms with Crippen LogP contribution < -0.4 is 0 Å². The van der Waals surface area contributed by atoms with Crippen molar-refractivity contribution in [3.63, 3.8) is 0 Å². The molecule has 5 rings (SSSR count). The summed E-state index contributed by atoms with van der Waals surface area (Å²) in [5, 5.41) is 24.2. The van der Waals surface area contributed by atoms with Crippen LogP contribution in [-0.4, -0.2) is 20.5 Å². The van der Waals surface area contributed by atoms with Crippen molar-refractivity contribution in [2.45, 2.75) is 97.1 Å². The SMILES string of the molecule is CC[C@]12CC[C@H]3[C@@H](CC[C@@H]4C[C@](C)(O)CC[C@@H]43)[C@@H]1CCC2[C@@H](C)Cn1cc(C#N)cn1. The second kappa shape index (κ2) is 7.91. The molecule has 0 saturated heterocycles. The molecule has 0 amide bonds. The van der Waals surface area contributed by atoms with Gasteiger partial charge in [-0.25, -0.2) is 0 Å². The first-order chi connectivity index (χ1) is 14.9. The van der Waals surface area contributed by atoms with Gasteiger partial charge in [-0.2, -0.15) is 10.4 Å². The Morgan fingerprint density at radius 1 is 1.16 bits per heavy atom. The van der Waals surface area contributed by atoms with Crippen LogP contribution in [0, 0.1) is 58.2 Å². The first kappa shape index (κ1) is 21.5. The van der Waals surface area contributed by atoms with Crippen LogP contribution in [0.15, 0.2) is 12.4 Å². The topological polar surface area (TPSA) is 61.8 Å². The van der Waals surface area contributed by atoms with E-state index in [2.05, 4.69) is 31.9 Å². The molecule has 0 radical (unpaired) electrons. The van der Waals surface area contributed by atoms with Crippen molar-refractivity contribution < 1.29 is 5.11 Å². The third-order valence-corrected chi connectivity index (χ3v) is 10.6. The molecular weight excluding hydrogens is 382 g/mol. The monoisotopic (exact) mass is 423 g/mol. The lowest BCUT2D eigenvalue weighted by Crippen LogP contribution is -2.51. The Kier molecular flexibility index (Phi) is 5.48. The number of aromatic nitrogens is 2. The predicted molar refractivity (Wildman–Crippen MR) is 122 cm³/mol. The molecule has 31 heavy (non-hydrogen) atoms. The first-order valence-electron chi connectivity index (χ1n) is 13.0. The van der Waals surface area contributed by atoms with Crippen molar-refractivity contribution in [1.82, 2.24) is 9.78 Å². The summed E-state index contributed by atoms with van der Waals surface area (Å²) in [6.07, 6.45) is 16.6. The summed E-state index contributed by atoms with van der Waals surface area (Å²) in [4.78, 5) is 0. The Hall–Kier alpha value is -1.34. The second-order valence-electron chi connectivity index (χ2n) is 12.0. The predicted octanol–water partition coefficient (Wildman–Crippen LogP) is 5.80. The number of nitrogens with zero attached hydrogens (tertiary/aromatic N) is 3. The molecule has 0 aliphatic heterocycles. The normalized spacial score (nSPS) is 45.3. The molecule has 4 saturated carbocycles. The van der Waals surface area contributed by atoms with E-state index in [1.54, 1.807) is 6.20 Å². The fourth-order valence-electron chi connectivity index (χ4n) is 9.43. The summed E-state index contributed by atoms with van der Waals surface area (Å²) in [6, 6.07) is 2.21. The zero-order valence-electron chi connectivity index (χ0n) is 19.8. The molecule has 0 aromatic carbocycles. The van der Waals surface area contributed by atoms with Crippen LogP contribution in [0.1, 0.15) is 90.5 Å². The Labute approximate surface area is 188 Å². The molecule has 1 aromatic heterocycles. The highest BCUT2D eigenvalue weighted by Gasteiger charge is 2.59. The minimum Gasteiger partial charge on any atom is -0.390 e. The Balaban J connectivity index is 1.33. The molecular formula is C27H41N3O. The smallest absolute Gasteiger partial charge is 0.102 e. The third kappa shape index (κ3) is 3.56. The van der Waals surface area contributed by atoms with Gasteiger partial charge < -0.3 is 5.11 Å². The molecule has 9 atom stereocenters. The second-order valence-corrected chi connectivity index (χ2v) is 12.0. The Morgan fingerprint density at radius 3 is 2.71 bits per heavy atom. The molecule has 4 fully saturated rings. The molecule has 4 aliphatic carbocycles. The fraction of sp³-hybridized carbons (Fsp3) is 0.852. The minimum absolute atomic E-state index is 0.415. The van der Waals surface area contributed by atoms with Gasteiger partial charge in [0.25, 0.3) is 0 Å². The van der Waals surface area contributed by atoms with E-state index in [0.29, 0.717) is 16.9 Å². The zero-order chi connectivity index (χ0) is 21.8. The lowest BCUT2D eigenvalue weighted by Gasteiger charge is -2.58. The van der Waals surface area contributed by atoms with E-state index in [-0.39, 0.29) is 0 Å². The van der Waals surface area contributed by atoms with Gasteiger partial charge in [0, 0.05) is 12.7 Å². The Bertz CT molecular complexity index is 838. The van der Waals surface area contributed by atoms with E-state index in [9.17, 15) is 5.11 Å². The molecule has 1 aromatic rings. The van der Waals surface area contributed by atoms with E-state index >= 15 is 0 Å². The molecule has 4 nitrogen and oxygen atoms in total. The molecule has 0 spiro atoms. The van der Waals surface area contributed by atoms with Crippen LogP contribution in [0.3, 0.4) is 0 Å². The number of aliphatic hydroxyl groups is 1. The minimum atomic E-state index is -0.415. The molecule has 4 aliphatic rings. The van der Waals surface area contributed by atoms with Gasteiger partial charge in [0.05, 0.1) is 17.4 Å². The maximum absolute atomic E-state index is 10.6. The van der Waals surface area contributed by atoms with Crippen molar-refractivity contribution in [3.05, 3.63) is 18.0 Å². The van der Waals surface area contributed by atoms with Gasteiger partial charge in [-0.05, 0) is 118 Å². The molecule has 170 valence electrons. The van der Waals surface area contributed by atoms with Crippen LogP contribution in [0.4, 0.5) is 0 Å². The maximum atomic E-state index is 10.6. The van der Waals surface area contributed by atoms with Gasteiger partial charge in [-0.15, -0.1) is 0 Å². The van der Waals surface area contributed by atoms with Crippen LogP contribution in [0.2, 0.25) is 0 Å².